The molecule has 1 rings (SSSR count). The number of carbonyl (C=O) groups is 2. The van der Waals surface area contributed by atoms with E-state index in [1.807, 2.05) is 20.9 Å². The lowest BCUT2D eigenvalue weighted by Crippen LogP contribution is -2.47. The van der Waals surface area contributed by atoms with Crippen molar-refractivity contribution >= 4 is 11.8 Å². The average molecular weight is 224 g/mol. The van der Waals surface area contributed by atoms with Crippen molar-refractivity contribution in [1.82, 2.24) is 10.2 Å². The van der Waals surface area contributed by atoms with Crippen molar-refractivity contribution < 1.29 is 9.59 Å². The third kappa shape index (κ3) is 3.17. The third-order valence-corrected chi connectivity index (χ3v) is 2.67. The molecule has 0 saturated carbocycles. The van der Waals surface area contributed by atoms with E-state index < -0.39 is 0 Å². The largest absolute Gasteiger partial charge is 0.316 e. The molecule has 0 aliphatic carbocycles. The van der Waals surface area contributed by atoms with Gasteiger partial charge in [0.05, 0.1) is 6.54 Å². The Morgan fingerprint density at radius 3 is 2.31 bits per heavy atom. The first-order valence-electron chi connectivity index (χ1n) is 5.50. The maximum absolute atomic E-state index is 11.8. The van der Waals surface area contributed by atoms with Gasteiger partial charge in [0.25, 0.3) is 0 Å². The Labute approximate surface area is 96.7 Å². The topological polar surface area (TPSA) is 49.4 Å². The quantitative estimate of drug-likeness (QED) is 0.571. The molecule has 0 unspecified atom stereocenters. The molecular weight excluding hydrogens is 204 g/mol. The number of hydrogen-bond donors (Lipinski definition) is 1. The van der Waals surface area contributed by atoms with Gasteiger partial charge in [0, 0.05) is 19.4 Å². The van der Waals surface area contributed by atoms with Crippen LogP contribution >= 0.6 is 0 Å². The minimum atomic E-state index is -0.199. The molecule has 0 spiro atoms. The molecule has 0 aromatic carbocycles. The maximum atomic E-state index is 11.8. The molecule has 1 heterocycles. The summed E-state index contributed by atoms with van der Waals surface area (Å²) in [7, 11) is 1.81. The number of hydrogen-bond acceptors (Lipinski definition) is 3. The van der Waals surface area contributed by atoms with Crippen LogP contribution in [0, 0.1) is 5.41 Å². The summed E-state index contributed by atoms with van der Waals surface area (Å²) in [6, 6.07) is 0. The minimum Gasteiger partial charge on any atom is -0.316 e. The molecule has 0 bridgehead atoms. The first-order chi connectivity index (χ1) is 7.35. The fourth-order valence-electron chi connectivity index (χ4n) is 1.92. The molecule has 1 aliphatic heterocycles. The molecule has 1 fully saturated rings. The van der Waals surface area contributed by atoms with Gasteiger partial charge in [-0.05, 0) is 18.0 Å². The van der Waals surface area contributed by atoms with Crippen LogP contribution < -0.4 is 5.32 Å². The van der Waals surface area contributed by atoms with Crippen LogP contribution in [-0.4, -0.2) is 36.9 Å². The van der Waals surface area contributed by atoms with Crippen molar-refractivity contribution in [1.29, 1.82) is 0 Å². The van der Waals surface area contributed by atoms with Crippen LogP contribution in [-0.2, 0) is 9.59 Å². The summed E-state index contributed by atoms with van der Waals surface area (Å²) in [6.45, 7) is 8.70. The molecule has 1 aliphatic rings. The van der Waals surface area contributed by atoms with Gasteiger partial charge < -0.3 is 5.32 Å². The van der Waals surface area contributed by atoms with E-state index in [0.29, 0.717) is 25.9 Å². The molecule has 1 N–H and O–H groups in total. The van der Waals surface area contributed by atoms with E-state index in [4.69, 9.17) is 0 Å². The van der Waals surface area contributed by atoms with Crippen molar-refractivity contribution in [3.05, 3.63) is 12.2 Å². The van der Waals surface area contributed by atoms with E-state index in [1.165, 1.54) is 4.90 Å². The number of imide groups is 1. The van der Waals surface area contributed by atoms with E-state index >= 15 is 0 Å². The number of nitrogens with zero attached hydrogens (tertiary/aromatic N) is 1. The summed E-state index contributed by atoms with van der Waals surface area (Å²) in [5.41, 5.74) is 0.651. The highest BCUT2D eigenvalue weighted by Crippen LogP contribution is 2.31. The number of carbonyl (C=O) groups excluding carboxylic acids is 2. The monoisotopic (exact) mass is 224 g/mol. The Kier molecular flexibility index (Phi) is 3.86. The number of amides is 2. The van der Waals surface area contributed by atoms with Crippen molar-refractivity contribution in [2.24, 2.45) is 5.41 Å². The van der Waals surface area contributed by atoms with E-state index in [-0.39, 0.29) is 17.2 Å². The van der Waals surface area contributed by atoms with Gasteiger partial charge >= 0.3 is 0 Å². The van der Waals surface area contributed by atoms with Gasteiger partial charge in [0.1, 0.15) is 0 Å². The molecule has 0 aromatic rings. The number of likely N-dealkylation sites (N-methyl/N-ethyl adjacent to an activating group) is 1. The fourth-order valence-corrected chi connectivity index (χ4v) is 1.92. The highest BCUT2D eigenvalue weighted by atomic mass is 16.2. The van der Waals surface area contributed by atoms with Crippen molar-refractivity contribution in [2.75, 3.05) is 20.1 Å². The van der Waals surface area contributed by atoms with Gasteiger partial charge in [0.15, 0.2) is 0 Å². The van der Waals surface area contributed by atoms with Gasteiger partial charge in [-0.2, -0.15) is 0 Å². The highest BCUT2D eigenvalue weighted by Gasteiger charge is 2.37. The lowest BCUT2D eigenvalue weighted by molar-refractivity contribution is -0.151. The molecule has 0 radical (unpaired) electrons. The van der Waals surface area contributed by atoms with Crippen LogP contribution in [0.15, 0.2) is 12.2 Å². The van der Waals surface area contributed by atoms with E-state index in [1.54, 1.807) is 0 Å². The normalized spacial score (nSPS) is 20.1. The zero-order chi connectivity index (χ0) is 12.3. The van der Waals surface area contributed by atoms with E-state index in [0.717, 1.165) is 5.57 Å². The Bertz CT molecular complexity index is 301. The molecule has 0 aromatic heterocycles. The van der Waals surface area contributed by atoms with Gasteiger partial charge in [-0.15, -0.1) is 0 Å². The lowest BCUT2D eigenvalue weighted by atomic mass is 9.81. The van der Waals surface area contributed by atoms with Crippen molar-refractivity contribution in [2.45, 2.75) is 26.7 Å². The highest BCUT2D eigenvalue weighted by molar-refractivity contribution is 5.98. The van der Waals surface area contributed by atoms with Crippen LogP contribution in [0.25, 0.3) is 0 Å². The Balaban J connectivity index is 2.65. The smallest absolute Gasteiger partial charge is 0.230 e. The SMILES string of the molecule is C=C(CNC)CN1C(=O)CC(C)(C)CC1=O. The molecule has 0 atom stereocenters. The molecule has 4 heteroatoms. The van der Waals surface area contributed by atoms with Crippen LogP contribution in [0.4, 0.5) is 0 Å². The standard InChI is InChI=1S/C12H20N2O2/c1-9(7-13-4)8-14-10(15)5-12(2,3)6-11(14)16/h13H,1,5-8H2,2-4H3. The molecule has 2 amide bonds. The molecule has 4 nitrogen and oxygen atoms in total. The number of nitrogens with one attached hydrogen (secondary N) is 1. The van der Waals surface area contributed by atoms with Gasteiger partial charge in [-0.25, -0.2) is 0 Å². The van der Waals surface area contributed by atoms with Gasteiger partial charge in [-0.1, -0.05) is 20.4 Å². The predicted octanol–water partition coefficient (Wildman–Crippen LogP) is 0.937. The minimum absolute atomic E-state index is 0.0847. The second-order valence-corrected chi connectivity index (χ2v) is 5.17. The molecule has 1 saturated heterocycles. The lowest BCUT2D eigenvalue weighted by Gasteiger charge is -2.35. The fraction of sp³-hybridized carbons (Fsp3) is 0.667. The zero-order valence-electron chi connectivity index (χ0n) is 10.3. The van der Waals surface area contributed by atoms with Gasteiger partial charge in [-0.3, -0.25) is 14.5 Å². The third-order valence-electron chi connectivity index (χ3n) is 2.67. The second kappa shape index (κ2) is 4.78. The summed E-state index contributed by atoms with van der Waals surface area (Å²) >= 11 is 0. The Hall–Kier alpha value is -1.16. The summed E-state index contributed by atoms with van der Waals surface area (Å²) in [5, 5.41) is 2.95. The number of rotatable bonds is 4. The number of piperidine rings is 1. The molecule has 90 valence electrons. The first-order valence-corrected chi connectivity index (χ1v) is 5.50. The summed E-state index contributed by atoms with van der Waals surface area (Å²) in [5.74, 6) is -0.169. The summed E-state index contributed by atoms with van der Waals surface area (Å²) in [6.07, 6.45) is 0.872. The number of likely N-dealkylation sites (tertiary alicyclic amines) is 1. The summed E-state index contributed by atoms with van der Waals surface area (Å²) in [4.78, 5) is 24.9. The second-order valence-electron chi connectivity index (χ2n) is 5.17. The van der Waals surface area contributed by atoms with Gasteiger partial charge in [0.2, 0.25) is 11.8 Å². The first kappa shape index (κ1) is 12.9. The van der Waals surface area contributed by atoms with Crippen LogP contribution in [0.1, 0.15) is 26.7 Å². The van der Waals surface area contributed by atoms with Crippen LogP contribution in [0.5, 0.6) is 0 Å². The Morgan fingerprint density at radius 2 is 1.88 bits per heavy atom. The predicted molar refractivity (Wildman–Crippen MR) is 62.8 cm³/mol. The molecule has 16 heavy (non-hydrogen) atoms. The van der Waals surface area contributed by atoms with Crippen LogP contribution in [0.3, 0.4) is 0 Å². The zero-order valence-corrected chi connectivity index (χ0v) is 10.3. The van der Waals surface area contributed by atoms with Crippen molar-refractivity contribution in [3.63, 3.8) is 0 Å². The summed E-state index contributed by atoms with van der Waals surface area (Å²) < 4.78 is 0. The molecular formula is C12H20N2O2. The van der Waals surface area contributed by atoms with Crippen molar-refractivity contribution in [3.8, 4) is 0 Å². The van der Waals surface area contributed by atoms with E-state index in [9.17, 15) is 9.59 Å². The maximum Gasteiger partial charge on any atom is 0.230 e. The van der Waals surface area contributed by atoms with Crippen LogP contribution in [0.2, 0.25) is 0 Å². The Morgan fingerprint density at radius 1 is 1.38 bits per heavy atom. The van der Waals surface area contributed by atoms with E-state index in [2.05, 4.69) is 11.9 Å². The average Bonchev–Trinajstić information content (AvgIpc) is 2.10.